The molecule has 176 valence electrons. The maximum absolute atomic E-state index is 14.1. The number of piperidine rings is 1. The van der Waals surface area contributed by atoms with Crippen LogP contribution >= 0.6 is 12.4 Å². The van der Waals surface area contributed by atoms with Crippen molar-refractivity contribution in [3.05, 3.63) is 65.4 Å². The Balaban J connectivity index is 0.00000259. The fourth-order valence-corrected chi connectivity index (χ4v) is 5.20. The number of likely N-dealkylation sites (tertiary alicyclic amines) is 1. The summed E-state index contributed by atoms with van der Waals surface area (Å²) >= 11 is 0. The molecule has 7 heteroatoms. The summed E-state index contributed by atoms with van der Waals surface area (Å²) in [6.07, 6.45) is 5.77. The molecular formula is C26H30ClF2N3O. The Kier molecular flexibility index (Phi) is 7.35. The minimum absolute atomic E-state index is 0. The molecule has 3 heterocycles. The first-order valence-corrected chi connectivity index (χ1v) is 11.7. The van der Waals surface area contributed by atoms with E-state index in [1.165, 1.54) is 29.5 Å². The van der Waals surface area contributed by atoms with Crippen molar-refractivity contribution >= 4 is 29.2 Å². The molecule has 0 unspecified atom stereocenters. The molecule has 0 radical (unpaired) electrons. The third-order valence-corrected chi connectivity index (χ3v) is 6.85. The van der Waals surface area contributed by atoms with Crippen LogP contribution in [-0.2, 0) is 17.8 Å². The second-order valence-corrected chi connectivity index (χ2v) is 8.97. The summed E-state index contributed by atoms with van der Waals surface area (Å²) in [4.78, 5) is 16.4. The van der Waals surface area contributed by atoms with Gasteiger partial charge in [0.05, 0.1) is 5.52 Å². The van der Waals surface area contributed by atoms with Crippen LogP contribution in [0.25, 0.3) is 16.6 Å². The lowest BCUT2D eigenvalue weighted by Gasteiger charge is -2.29. The maximum Gasteiger partial charge on any atom is 0.222 e. The SMILES string of the molecule is Cl.O=C1CCCCN1CCCCN1CCc2c(c3cc(F)ccc3n2-c2ccc(F)cc2)C1. The lowest BCUT2D eigenvalue weighted by Crippen LogP contribution is -2.36. The highest BCUT2D eigenvalue weighted by atomic mass is 35.5. The molecular weight excluding hydrogens is 444 g/mol. The van der Waals surface area contributed by atoms with Gasteiger partial charge >= 0.3 is 0 Å². The molecule has 2 aliphatic heterocycles. The van der Waals surface area contributed by atoms with E-state index >= 15 is 0 Å². The van der Waals surface area contributed by atoms with Crippen LogP contribution in [0.3, 0.4) is 0 Å². The first kappa shape index (κ1) is 23.7. The molecule has 1 aromatic heterocycles. The summed E-state index contributed by atoms with van der Waals surface area (Å²) < 4.78 is 29.8. The van der Waals surface area contributed by atoms with Crippen molar-refractivity contribution in [2.45, 2.75) is 45.1 Å². The lowest BCUT2D eigenvalue weighted by molar-refractivity contribution is -0.133. The molecule has 1 saturated heterocycles. The molecule has 0 atom stereocenters. The quantitative estimate of drug-likeness (QED) is 0.443. The van der Waals surface area contributed by atoms with Gasteiger partial charge in [-0.05, 0) is 80.3 Å². The van der Waals surface area contributed by atoms with Gasteiger partial charge in [0.2, 0.25) is 5.91 Å². The Morgan fingerprint density at radius 3 is 2.39 bits per heavy atom. The summed E-state index contributed by atoms with van der Waals surface area (Å²) in [5.41, 5.74) is 4.23. The molecule has 2 aliphatic rings. The fraction of sp³-hybridized carbons (Fsp3) is 0.423. The number of hydrogen-bond acceptors (Lipinski definition) is 2. The zero-order valence-electron chi connectivity index (χ0n) is 18.7. The van der Waals surface area contributed by atoms with E-state index in [9.17, 15) is 13.6 Å². The number of carbonyl (C=O) groups excluding carboxylic acids is 1. The standard InChI is InChI=1S/C26H29F2N3O.ClH/c27-19-6-9-21(10-7-19)31-24-11-8-20(28)17-22(24)23-18-29(16-12-25(23)31)13-3-4-15-30-14-2-1-5-26(30)32;/h6-11,17H,1-5,12-16,18H2;1H. The number of carbonyl (C=O) groups is 1. The summed E-state index contributed by atoms with van der Waals surface area (Å²) in [6, 6.07) is 11.5. The molecule has 33 heavy (non-hydrogen) atoms. The number of nitrogens with zero attached hydrogens (tertiary/aromatic N) is 3. The van der Waals surface area contributed by atoms with E-state index in [1.807, 2.05) is 11.0 Å². The van der Waals surface area contributed by atoms with E-state index in [4.69, 9.17) is 0 Å². The van der Waals surface area contributed by atoms with Crippen molar-refractivity contribution in [1.82, 2.24) is 14.4 Å². The third kappa shape index (κ3) is 4.92. The van der Waals surface area contributed by atoms with Crippen LogP contribution in [0.4, 0.5) is 8.78 Å². The van der Waals surface area contributed by atoms with Crippen LogP contribution in [-0.4, -0.2) is 46.5 Å². The topological polar surface area (TPSA) is 28.5 Å². The van der Waals surface area contributed by atoms with Crippen LogP contribution in [0.5, 0.6) is 0 Å². The van der Waals surface area contributed by atoms with E-state index < -0.39 is 0 Å². The molecule has 0 saturated carbocycles. The van der Waals surface area contributed by atoms with Gasteiger partial charge in [0, 0.05) is 55.8 Å². The average Bonchev–Trinajstić information content (AvgIpc) is 3.11. The van der Waals surface area contributed by atoms with Crippen molar-refractivity contribution < 1.29 is 13.6 Å². The Bertz CT molecular complexity index is 1130. The first-order chi connectivity index (χ1) is 15.6. The van der Waals surface area contributed by atoms with Gasteiger partial charge in [0.1, 0.15) is 11.6 Å². The van der Waals surface area contributed by atoms with Crippen molar-refractivity contribution in [2.75, 3.05) is 26.2 Å². The number of hydrogen-bond donors (Lipinski definition) is 0. The summed E-state index contributed by atoms with van der Waals surface area (Å²) in [6.45, 7) is 4.45. The molecule has 1 amide bonds. The van der Waals surface area contributed by atoms with E-state index in [1.54, 1.807) is 18.2 Å². The highest BCUT2D eigenvalue weighted by Gasteiger charge is 2.25. The van der Waals surface area contributed by atoms with Gasteiger partial charge in [0.25, 0.3) is 0 Å². The Hall–Kier alpha value is -2.44. The monoisotopic (exact) mass is 473 g/mol. The number of halogens is 3. The van der Waals surface area contributed by atoms with Crippen LogP contribution < -0.4 is 0 Å². The molecule has 0 bridgehead atoms. The van der Waals surface area contributed by atoms with E-state index in [-0.39, 0.29) is 24.0 Å². The van der Waals surface area contributed by atoms with Crippen LogP contribution in [0, 0.1) is 11.6 Å². The second kappa shape index (κ2) is 10.2. The largest absolute Gasteiger partial charge is 0.343 e. The van der Waals surface area contributed by atoms with Gasteiger partial charge in [-0.25, -0.2) is 8.78 Å². The predicted octanol–water partition coefficient (Wildman–Crippen LogP) is 5.48. The lowest BCUT2D eigenvalue weighted by atomic mass is 10.0. The molecule has 2 aromatic carbocycles. The molecule has 1 fully saturated rings. The van der Waals surface area contributed by atoms with Crippen LogP contribution in [0.2, 0.25) is 0 Å². The summed E-state index contributed by atoms with van der Waals surface area (Å²) in [5, 5.41) is 0.938. The van der Waals surface area contributed by atoms with Gasteiger partial charge in [-0.1, -0.05) is 0 Å². The Morgan fingerprint density at radius 1 is 0.848 bits per heavy atom. The summed E-state index contributed by atoms with van der Waals surface area (Å²) in [7, 11) is 0. The number of aromatic nitrogens is 1. The van der Waals surface area contributed by atoms with Crippen molar-refractivity contribution in [2.24, 2.45) is 0 Å². The fourth-order valence-electron chi connectivity index (χ4n) is 5.20. The van der Waals surface area contributed by atoms with Gasteiger partial charge in [-0.3, -0.25) is 9.69 Å². The number of unbranched alkanes of at least 4 members (excludes halogenated alkanes) is 1. The van der Waals surface area contributed by atoms with E-state index in [0.29, 0.717) is 12.3 Å². The smallest absolute Gasteiger partial charge is 0.222 e. The molecule has 0 spiro atoms. The van der Waals surface area contributed by atoms with Gasteiger partial charge in [-0.15, -0.1) is 12.4 Å². The highest BCUT2D eigenvalue weighted by molar-refractivity contribution is 5.87. The van der Waals surface area contributed by atoms with E-state index in [0.717, 1.165) is 81.4 Å². The van der Waals surface area contributed by atoms with Crippen molar-refractivity contribution in [3.63, 3.8) is 0 Å². The normalized spacial score (nSPS) is 16.7. The van der Waals surface area contributed by atoms with E-state index in [2.05, 4.69) is 9.47 Å². The number of benzene rings is 2. The molecule has 4 nitrogen and oxygen atoms in total. The van der Waals surface area contributed by atoms with Crippen LogP contribution in [0.1, 0.15) is 43.4 Å². The number of amides is 1. The minimum Gasteiger partial charge on any atom is -0.343 e. The number of fused-ring (bicyclic) bond motifs is 3. The molecule has 5 rings (SSSR count). The molecule has 0 aliphatic carbocycles. The average molecular weight is 474 g/mol. The Morgan fingerprint density at radius 2 is 1.61 bits per heavy atom. The van der Waals surface area contributed by atoms with Crippen molar-refractivity contribution in [3.8, 4) is 5.69 Å². The molecule has 3 aromatic rings. The summed E-state index contributed by atoms with van der Waals surface area (Å²) in [5.74, 6) is -0.197. The molecule has 0 N–H and O–H groups in total. The third-order valence-electron chi connectivity index (χ3n) is 6.85. The maximum atomic E-state index is 14.1. The Labute approximate surface area is 199 Å². The highest BCUT2D eigenvalue weighted by Crippen LogP contribution is 2.34. The van der Waals surface area contributed by atoms with Crippen molar-refractivity contribution in [1.29, 1.82) is 0 Å². The van der Waals surface area contributed by atoms with Gasteiger partial charge in [-0.2, -0.15) is 0 Å². The predicted molar refractivity (Wildman–Crippen MR) is 129 cm³/mol. The minimum atomic E-state index is -0.262. The van der Waals surface area contributed by atoms with Gasteiger partial charge in [0.15, 0.2) is 0 Å². The first-order valence-electron chi connectivity index (χ1n) is 11.7. The number of rotatable bonds is 6. The zero-order chi connectivity index (χ0) is 22.1. The van der Waals surface area contributed by atoms with Crippen LogP contribution in [0.15, 0.2) is 42.5 Å². The second-order valence-electron chi connectivity index (χ2n) is 8.97. The van der Waals surface area contributed by atoms with Gasteiger partial charge < -0.3 is 9.47 Å². The zero-order valence-corrected chi connectivity index (χ0v) is 19.6.